The molecule has 192 valence electrons. The first kappa shape index (κ1) is 26.2. The van der Waals surface area contributed by atoms with E-state index < -0.39 is 38.0 Å². The number of aromatic amines is 1. The molecule has 3 N–H and O–H groups in total. The highest BCUT2D eigenvalue weighted by atomic mass is 28.4. The molecular formula is C27H34N2O6Si. The topological polar surface area (TPSA) is 114 Å². The van der Waals surface area contributed by atoms with Crippen LogP contribution in [0.25, 0.3) is 0 Å². The molecule has 0 spiro atoms. The van der Waals surface area contributed by atoms with Crippen molar-refractivity contribution in [3.63, 3.8) is 0 Å². The lowest BCUT2D eigenvalue weighted by molar-refractivity contribution is -0.0460. The second kappa shape index (κ2) is 10.7. The van der Waals surface area contributed by atoms with Crippen molar-refractivity contribution in [2.24, 2.45) is 0 Å². The lowest BCUT2D eigenvalue weighted by Crippen LogP contribution is -2.66. The zero-order valence-corrected chi connectivity index (χ0v) is 21.9. The molecule has 36 heavy (non-hydrogen) atoms. The van der Waals surface area contributed by atoms with Crippen LogP contribution in [0, 0.1) is 0 Å². The van der Waals surface area contributed by atoms with Gasteiger partial charge in [0.05, 0.1) is 12.7 Å². The minimum atomic E-state index is -2.76. The fraction of sp³-hybridized carbons (Fsp3) is 0.407. The summed E-state index contributed by atoms with van der Waals surface area (Å²) in [5.41, 5.74) is -0.704. The number of benzene rings is 2. The molecule has 4 rings (SSSR count). The molecule has 9 heteroatoms. The molecule has 3 atom stereocenters. The number of nitrogens with zero attached hydrogens (tertiary/aromatic N) is 1. The summed E-state index contributed by atoms with van der Waals surface area (Å²) in [7, 11) is -2.76. The van der Waals surface area contributed by atoms with Gasteiger partial charge in [0.25, 0.3) is 13.9 Å². The average Bonchev–Trinajstić information content (AvgIpc) is 3.23. The Balaban J connectivity index is 1.64. The average molecular weight is 511 g/mol. The van der Waals surface area contributed by atoms with Crippen molar-refractivity contribution in [2.45, 2.75) is 57.1 Å². The number of nitrogens with one attached hydrogen (secondary N) is 1. The van der Waals surface area contributed by atoms with Crippen molar-refractivity contribution >= 4 is 18.7 Å². The number of ether oxygens (including phenoxy) is 1. The molecule has 0 radical (unpaired) electrons. The zero-order valence-electron chi connectivity index (χ0n) is 20.9. The molecule has 2 heterocycles. The van der Waals surface area contributed by atoms with E-state index in [1.807, 2.05) is 36.4 Å². The first-order valence-electron chi connectivity index (χ1n) is 12.2. The predicted molar refractivity (Wildman–Crippen MR) is 140 cm³/mol. The number of aliphatic hydroxyl groups is 2. The van der Waals surface area contributed by atoms with Crippen molar-refractivity contribution in [1.29, 1.82) is 0 Å². The molecular weight excluding hydrogens is 476 g/mol. The van der Waals surface area contributed by atoms with Crippen LogP contribution < -0.4 is 21.6 Å². The molecule has 2 aromatic carbocycles. The van der Waals surface area contributed by atoms with E-state index in [0.717, 1.165) is 10.4 Å². The molecule has 0 amide bonds. The van der Waals surface area contributed by atoms with Gasteiger partial charge in [0, 0.05) is 31.2 Å². The summed E-state index contributed by atoms with van der Waals surface area (Å²) in [5, 5.41) is 21.5. The quantitative estimate of drug-likeness (QED) is 0.394. The minimum absolute atomic E-state index is 0.148. The van der Waals surface area contributed by atoms with Gasteiger partial charge in [-0.1, -0.05) is 81.4 Å². The number of aromatic nitrogens is 2. The third-order valence-electron chi connectivity index (χ3n) is 6.84. The fourth-order valence-electron chi connectivity index (χ4n) is 5.04. The van der Waals surface area contributed by atoms with Gasteiger partial charge in [-0.2, -0.15) is 0 Å². The lowest BCUT2D eigenvalue weighted by Gasteiger charge is -2.43. The van der Waals surface area contributed by atoms with Crippen molar-refractivity contribution in [1.82, 2.24) is 9.55 Å². The van der Waals surface area contributed by atoms with Gasteiger partial charge < -0.3 is 19.4 Å². The first-order chi connectivity index (χ1) is 17.2. The Bertz CT molecular complexity index is 1230. The van der Waals surface area contributed by atoms with Crippen LogP contribution in [-0.2, 0) is 15.6 Å². The number of hydrogen-bond donors (Lipinski definition) is 3. The molecule has 0 aliphatic carbocycles. The van der Waals surface area contributed by atoms with Crippen LogP contribution in [0.1, 0.15) is 39.0 Å². The fourth-order valence-corrected chi connectivity index (χ4v) is 9.61. The number of rotatable bonds is 8. The van der Waals surface area contributed by atoms with Crippen molar-refractivity contribution < 1.29 is 19.4 Å². The van der Waals surface area contributed by atoms with Crippen LogP contribution in [0.4, 0.5) is 0 Å². The second-order valence-electron chi connectivity index (χ2n) is 10.2. The third kappa shape index (κ3) is 5.02. The summed E-state index contributed by atoms with van der Waals surface area (Å²) in [4.78, 5) is 27.5. The molecule has 0 saturated carbocycles. The Morgan fingerprint density at radius 3 is 2.14 bits per heavy atom. The van der Waals surface area contributed by atoms with Crippen LogP contribution >= 0.6 is 0 Å². The summed E-state index contributed by atoms with van der Waals surface area (Å²) in [5.74, 6) is 0. The molecule has 1 aliphatic rings. The van der Waals surface area contributed by atoms with E-state index in [2.05, 4.69) is 50.0 Å². The van der Waals surface area contributed by atoms with Crippen molar-refractivity contribution in [3.8, 4) is 0 Å². The normalized spacial score (nSPS) is 20.5. The highest BCUT2D eigenvalue weighted by Crippen LogP contribution is 2.36. The summed E-state index contributed by atoms with van der Waals surface area (Å²) < 4.78 is 13.8. The SMILES string of the molecule is CC(C)(C)[Si](OCCc1cn([C@H]2C[C@H](O)[C@@H](CO)O2)c(=O)[nH]c1=O)(c1ccccc1)c1ccccc1. The monoisotopic (exact) mass is 510 g/mol. The standard InChI is InChI=1S/C27H34N2O6Si/c1-27(2,3)36(20-10-6-4-7-11-20,21-12-8-5-9-13-21)34-15-14-19-17-29(26(33)28-25(19)32)24-16-22(31)23(18-30)35-24/h4-13,17,22-24,30-31H,14-16,18H2,1-3H3,(H,28,32,33)/t22-,23+,24+/m0/s1. The molecule has 1 saturated heterocycles. The Hall–Kier alpha value is -2.82. The maximum absolute atomic E-state index is 12.6. The second-order valence-corrected chi connectivity index (χ2v) is 14.5. The van der Waals surface area contributed by atoms with E-state index in [4.69, 9.17) is 9.16 Å². The Morgan fingerprint density at radius 1 is 1.06 bits per heavy atom. The molecule has 1 aliphatic heterocycles. The highest BCUT2D eigenvalue weighted by molar-refractivity contribution is 6.99. The molecule has 3 aromatic rings. The summed E-state index contributed by atoms with van der Waals surface area (Å²) >= 11 is 0. The van der Waals surface area contributed by atoms with Gasteiger partial charge in [0.15, 0.2) is 0 Å². The van der Waals surface area contributed by atoms with Gasteiger partial charge in [0.1, 0.15) is 12.3 Å². The van der Waals surface area contributed by atoms with Gasteiger partial charge in [-0.25, -0.2) is 4.79 Å². The third-order valence-corrected chi connectivity index (χ3v) is 11.9. The number of H-pyrrole nitrogens is 1. The van der Waals surface area contributed by atoms with Crippen LogP contribution in [-0.4, -0.2) is 53.5 Å². The lowest BCUT2D eigenvalue weighted by atomic mass is 10.2. The smallest absolute Gasteiger partial charge is 0.330 e. The van der Waals surface area contributed by atoms with E-state index in [-0.39, 0.29) is 24.7 Å². The van der Waals surface area contributed by atoms with Gasteiger partial charge in [-0.05, 0) is 15.4 Å². The molecule has 0 bridgehead atoms. The van der Waals surface area contributed by atoms with E-state index >= 15 is 0 Å². The summed E-state index contributed by atoms with van der Waals surface area (Å²) in [6.07, 6.45) is -0.504. The van der Waals surface area contributed by atoms with E-state index in [0.29, 0.717) is 12.0 Å². The number of hydrogen-bond acceptors (Lipinski definition) is 6. The predicted octanol–water partition coefficient (Wildman–Crippen LogP) is 1.30. The van der Waals surface area contributed by atoms with Crippen molar-refractivity contribution in [3.05, 3.63) is 93.3 Å². The molecule has 8 nitrogen and oxygen atoms in total. The van der Waals surface area contributed by atoms with E-state index in [1.165, 1.54) is 10.8 Å². The van der Waals surface area contributed by atoms with Gasteiger partial charge in [-0.15, -0.1) is 0 Å². The summed E-state index contributed by atoms with van der Waals surface area (Å²) in [6.45, 7) is 6.49. The molecule has 0 unspecified atom stereocenters. The van der Waals surface area contributed by atoms with Gasteiger partial charge in [-0.3, -0.25) is 14.3 Å². The van der Waals surface area contributed by atoms with Crippen LogP contribution in [0.2, 0.25) is 5.04 Å². The van der Waals surface area contributed by atoms with Crippen molar-refractivity contribution in [2.75, 3.05) is 13.2 Å². The minimum Gasteiger partial charge on any atom is -0.407 e. The van der Waals surface area contributed by atoms with Crippen LogP contribution in [0.15, 0.2) is 76.4 Å². The maximum atomic E-state index is 12.6. The highest BCUT2D eigenvalue weighted by Gasteiger charge is 2.50. The number of aliphatic hydroxyl groups excluding tert-OH is 2. The van der Waals surface area contributed by atoms with Crippen LogP contribution in [0.5, 0.6) is 0 Å². The summed E-state index contributed by atoms with van der Waals surface area (Å²) in [6, 6.07) is 20.5. The van der Waals surface area contributed by atoms with E-state index in [9.17, 15) is 19.8 Å². The van der Waals surface area contributed by atoms with Gasteiger partial charge in [0.2, 0.25) is 0 Å². The molecule has 1 aromatic heterocycles. The van der Waals surface area contributed by atoms with Crippen LogP contribution in [0.3, 0.4) is 0 Å². The zero-order chi connectivity index (χ0) is 25.9. The molecule has 1 fully saturated rings. The largest absolute Gasteiger partial charge is 0.407 e. The van der Waals surface area contributed by atoms with Gasteiger partial charge >= 0.3 is 5.69 Å². The Kier molecular flexibility index (Phi) is 7.77. The Morgan fingerprint density at radius 2 is 1.64 bits per heavy atom. The maximum Gasteiger partial charge on any atom is 0.330 e. The first-order valence-corrected chi connectivity index (χ1v) is 14.1. The van der Waals surface area contributed by atoms with E-state index in [1.54, 1.807) is 0 Å². The Labute approximate surface area is 211 Å².